The second-order valence-corrected chi connectivity index (χ2v) is 4.07. The fraction of sp³-hybridized carbons (Fsp3) is 0. The van der Waals surface area contributed by atoms with Crippen molar-refractivity contribution in [3.63, 3.8) is 0 Å². The van der Waals surface area contributed by atoms with Crippen molar-refractivity contribution in [2.24, 2.45) is 0 Å². The minimum absolute atomic E-state index is 0.0121. The van der Waals surface area contributed by atoms with Crippen molar-refractivity contribution in [3.8, 4) is 0 Å². The maximum atomic E-state index is 13.2. The molecule has 18 heavy (non-hydrogen) atoms. The highest BCUT2D eigenvalue weighted by Crippen LogP contribution is 2.21. The van der Waals surface area contributed by atoms with Crippen LogP contribution < -0.4 is 0 Å². The van der Waals surface area contributed by atoms with Gasteiger partial charge in [0.1, 0.15) is 5.82 Å². The van der Waals surface area contributed by atoms with Crippen molar-refractivity contribution in [3.05, 3.63) is 70.0 Å². The fourth-order valence-corrected chi connectivity index (χ4v) is 1.84. The van der Waals surface area contributed by atoms with Gasteiger partial charge in [0.25, 0.3) is 0 Å². The molecule has 0 amide bonds. The van der Waals surface area contributed by atoms with Crippen LogP contribution in [0.5, 0.6) is 0 Å². The van der Waals surface area contributed by atoms with E-state index in [1.807, 2.05) is 0 Å². The summed E-state index contributed by atoms with van der Waals surface area (Å²) in [6, 6.07) is 9.87. The summed E-state index contributed by atoms with van der Waals surface area (Å²) in [6.45, 7) is 0. The number of carbonyl (C=O) groups excluding carboxylic acids is 2. The van der Waals surface area contributed by atoms with Gasteiger partial charge in [-0.05, 0) is 30.3 Å². The molecule has 0 atom stereocenters. The summed E-state index contributed by atoms with van der Waals surface area (Å²) < 4.78 is 13.2. The minimum Gasteiger partial charge on any atom is -0.298 e. The summed E-state index contributed by atoms with van der Waals surface area (Å²) in [6.07, 6.45) is 0.517. The highest BCUT2D eigenvalue weighted by Gasteiger charge is 2.16. The van der Waals surface area contributed by atoms with E-state index in [0.717, 1.165) is 12.1 Å². The molecule has 2 aromatic carbocycles. The molecule has 0 aliphatic carbocycles. The molecular formula is C14H8ClFO2. The van der Waals surface area contributed by atoms with Crippen molar-refractivity contribution in [1.82, 2.24) is 0 Å². The molecule has 0 aliphatic rings. The Bertz CT molecular complexity index is 623. The third kappa shape index (κ3) is 2.31. The molecule has 0 aliphatic heterocycles. The normalized spacial score (nSPS) is 10.1. The van der Waals surface area contributed by atoms with Crippen LogP contribution in [0.2, 0.25) is 5.02 Å². The molecule has 0 bridgehead atoms. The molecule has 0 fully saturated rings. The lowest BCUT2D eigenvalue weighted by Gasteiger charge is -2.06. The van der Waals surface area contributed by atoms with Crippen LogP contribution in [0.15, 0.2) is 42.5 Å². The summed E-state index contributed by atoms with van der Waals surface area (Å²) >= 11 is 5.90. The Hall–Kier alpha value is -2.00. The summed E-state index contributed by atoms with van der Waals surface area (Å²) in [5.74, 6) is -1.04. The van der Waals surface area contributed by atoms with Crippen LogP contribution in [-0.4, -0.2) is 12.1 Å². The first-order chi connectivity index (χ1) is 8.63. The molecule has 2 nitrogen and oxygen atoms in total. The number of rotatable bonds is 3. The number of benzene rings is 2. The first-order valence-electron chi connectivity index (χ1n) is 5.17. The molecule has 0 heterocycles. The number of ketones is 1. The van der Waals surface area contributed by atoms with Gasteiger partial charge in [-0.15, -0.1) is 0 Å². The van der Waals surface area contributed by atoms with Crippen LogP contribution in [0.4, 0.5) is 4.39 Å². The second kappa shape index (κ2) is 5.10. The first-order valence-corrected chi connectivity index (χ1v) is 5.55. The van der Waals surface area contributed by atoms with E-state index in [4.69, 9.17) is 11.6 Å². The van der Waals surface area contributed by atoms with Crippen LogP contribution in [-0.2, 0) is 0 Å². The van der Waals surface area contributed by atoms with Crippen molar-refractivity contribution >= 4 is 23.7 Å². The zero-order valence-electron chi connectivity index (χ0n) is 9.19. The molecule has 0 radical (unpaired) electrons. The van der Waals surface area contributed by atoms with E-state index in [0.29, 0.717) is 6.29 Å². The van der Waals surface area contributed by atoms with E-state index in [9.17, 15) is 14.0 Å². The van der Waals surface area contributed by atoms with Gasteiger partial charge in [-0.3, -0.25) is 9.59 Å². The number of hydrogen-bond donors (Lipinski definition) is 0. The molecule has 0 N–H and O–H groups in total. The van der Waals surface area contributed by atoms with Crippen LogP contribution in [0.25, 0.3) is 0 Å². The summed E-state index contributed by atoms with van der Waals surface area (Å²) in [5, 5.41) is 0.267. The quantitative estimate of drug-likeness (QED) is 0.626. The number of aldehydes is 1. The third-order valence-electron chi connectivity index (χ3n) is 2.51. The molecular weight excluding hydrogens is 255 g/mol. The van der Waals surface area contributed by atoms with Gasteiger partial charge in [0, 0.05) is 16.7 Å². The predicted molar refractivity (Wildman–Crippen MR) is 66.7 cm³/mol. The molecule has 0 saturated heterocycles. The van der Waals surface area contributed by atoms with E-state index in [-0.39, 0.29) is 21.7 Å². The zero-order valence-corrected chi connectivity index (χ0v) is 9.95. The van der Waals surface area contributed by atoms with E-state index in [1.54, 1.807) is 18.2 Å². The lowest BCUT2D eigenvalue weighted by atomic mass is 9.99. The highest BCUT2D eigenvalue weighted by molar-refractivity contribution is 6.35. The average Bonchev–Trinajstić information content (AvgIpc) is 2.38. The number of halogens is 2. The van der Waals surface area contributed by atoms with Crippen LogP contribution in [0.1, 0.15) is 26.3 Å². The third-order valence-corrected chi connectivity index (χ3v) is 2.84. The van der Waals surface area contributed by atoms with E-state index < -0.39 is 11.6 Å². The van der Waals surface area contributed by atoms with Gasteiger partial charge in [0.05, 0.1) is 5.02 Å². The highest BCUT2D eigenvalue weighted by atomic mass is 35.5. The van der Waals surface area contributed by atoms with Gasteiger partial charge in [-0.2, -0.15) is 0 Å². The standard InChI is InChI=1S/C14H8ClFO2/c15-13-4-2-1-3-11(13)14(18)12-7-10(16)6-5-9(12)8-17/h1-8H. The molecule has 2 aromatic rings. The molecule has 0 spiro atoms. The first kappa shape index (κ1) is 12.5. The van der Waals surface area contributed by atoms with Gasteiger partial charge in [0.15, 0.2) is 12.1 Å². The largest absolute Gasteiger partial charge is 0.298 e. The predicted octanol–water partition coefficient (Wildman–Crippen LogP) is 3.52. The Morgan fingerprint density at radius 3 is 2.50 bits per heavy atom. The monoisotopic (exact) mass is 262 g/mol. The molecule has 4 heteroatoms. The Balaban J connectivity index is 2.56. The van der Waals surface area contributed by atoms with Crippen molar-refractivity contribution in [2.45, 2.75) is 0 Å². The van der Waals surface area contributed by atoms with Gasteiger partial charge in [-0.1, -0.05) is 23.7 Å². The van der Waals surface area contributed by atoms with Gasteiger partial charge >= 0.3 is 0 Å². The SMILES string of the molecule is O=Cc1ccc(F)cc1C(=O)c1ccccc1Cl. The molecule has 0 aromatic heterocycles. The smallest absolute Gasteiger partial charge is 0.195 e. The Morgan fingerprint density at radius 2 is 1.83 bits per heavy atom. The van der Waals surface area contributed by atoms with Crippen molar-refractivity contribution in [2.75, 3.05) is 0 Å². The van der Waals surface area contributed by atoms with E-state index >= 15 is 0 Å². The Morgan fingerprint density at radius 1 is 1.11 bits per heavy atom. The summed E-state index contributed by atoms with van der Waals surface area (Å²) in [7, 11) is 0. The van der Waals surface area contributed by atoms with Gasteiger partial charge in [0.2, 0.25) is 0 Å². The fourth-order valence-electron chi connectivity index (χ4n) is 1.62. The Labute approximate surface area is 108 Å². The van der Waals surface area contributed by atoms with E-state index in [1.165, 1.54) is 12.1 Å². The molecule has 0 saturated carbocycles. The van der Waals surface area contributed by atoms with Gasteiger partial charge < -0.3 is 0 Å². The van der Waals surface area contributed by atoms with Crippen molar-refractivity contribution in [1.29, 1.82) is 0 Å². The maximum absolute atomic E-state index is 13.2. The molecule has 2 rings (SSSR count). The van der Waals surface area contributed by atoms with Crippen LogP contribution in [0.3, 0.4) is 0 Å². The van der Waals surface area contributed by atoms with Gasteiger partial charge in [-0.25, -0.2) is 4.39 Å². The summed E-state index contributed by atoms with van der Waals surface area (Å²) in [4.78, 5) is 23.0. The minimum atomic E-state index is -0.573. The lowest BCUT2D eigenvalue weighted by molar-refractivity contribution is 0.102. The van der Waals surface area contributed by atoms with Crippen molar-refractivity contribution < 1.29 is 14.0 Å². The average molecular weight is 263 g/mol. The Kier molecular flexibility index (Phi) is 3.53. The topological polar surface area (TPSA) is 34.1 Å². The number of carbonyl (C=O) groups is 2. The molecule has 90 valence electrons. The second-order valence-electron chi connectivity index (χ2n) is 3.66. The lowest BCUT2D eigenvalue weighted by Crippen LogP contribution is -2.06. The van der Waals surface area contributed by atoms with Crippen LogP contribution in [0, 0.1) is 5.82 Å². The molecule has 0 unspecified atom stereocenters. The summed E-state index contributed by atoms with van der Waals surface area (Å²) in [5.41, 5.74) is 0.396. The maximum Gasteiger partial charge on any atom is 0.195 e. The van der Waals surface area contributed by atoms with E-state index in [2.05, 4.69) is 0 Å². The zero-order chi connectivity index (χ0) is 13.1. The van der Waals surface area contributed by atoms with Crippen LogP contribution >= 0.6 is 11.6 Å². The number of hydrogen-bond acceptors (Lipinski definition) is 2.